The van der Waals surface area contributed by atoms with Crippen molar-refractivity contribution in [3.8, 4) is 5.75 Å². The molecule has 7 nitrogen and oxygen atoms in total. The standard InChI is InChI=1S/C24H15ClI2N2O5/c1-13-4-2-3-5-16(13)12-33-22-18(26)8-14(9-19(22)27)10-20-24(30)34-23(28-20)15-6-7-17(25)21(11-15)29(31)32/h2-11H,12H2,1H3/b20-10-. The first-order chi connectivity index (χ1) is 16.2. The number of hydrogen-bond acceptors (Lipinski definition) is 6. The molecule has 1 aliphatic heterocycles. The van der Waals surface area contributed by atoms with Crippen molar-refractivity contribution in [2.45, 2.75) is 13.5 Å². The Bertz CT molecular complexity index is 1360. The monoisotopic (exact) mass is 700 g/mol. The number of benzene rings is 3. The van der Waals surface area contributed by atoms with E-state index in [-0.39, 0.29) is 27.9 Å². The third kappa shape index (κ3) is 5.41. The normalized spacial score (nSPS) is 14.2. The molecule has 0 saturated carbocycles. The highest BCUT2D eigenvalue weighted by molar-refractivity contribution is 14.1. The maximum absolute atomic E-state index is 12.4. The number of carbonyl (C=O) groups excluding carboxylic acids is 1. The minimum Gasteiger partial charge on any atom is -0.487 e. The number of hydrogen-bond donors (Lipinski definition) is 0. The van der Waals surface area contributed by atoms with Crippen molar-refractivity contribution < 1.29 is 19.2 Å². The molecule has 0 bridgehead atoms. The lowest BCUT2D eigenvalue weighted by Gasteiger charge is -2.13. The fourth-order valence-electron chi connectivity index (χ4n) is 3.20. The zero-order valence-electron chi connectivity index (χ0n) is 17.6. The van der Waals surface area contributed by atoms with E-state index in [1.165, 1.54) is 18.2 Å². The van der Waals surface area contributed by atoms with Crippen LogP contribution >= 0.6 is 56.8 Å². The minimum absolute atomic E-state index is 0.0108. The zero-order chi connectivity index (χ0) is 24.4. The van der Waals surface area contributed by atoms with Crippen LogP contribution in [0, 0.1) is 24.2 Å². The number of halogens is 3. The van der Waals surface area contributed by atoms with E-state index >= 15 is 0 Å². The Balaban J connectivity index is 1.58. The molecule has 0 amide bonds. The number of carbonyl (C=O) groups is 1. The van der Waals surface area contributed by atoms with E-state index in [0.29, 0.717) is 6.61 Å². The van der Waals surface area contributed by atoms with Gasteiger partial charge in [-0.3, -0.25) is 10.1 Å². The summed E-state index contributed by atoms with van der Waals surface area (Å²) in [7, 11) is 0. The van der Waals surface area contributed by atoms with E-state index in [4.69, 9.17) is 21.1 Å². The average molecular weight is 701 g/mol. The van der Waals surface area contributed by atoms with Crippen molar-refractivity contribution in [3.63, 3.8) is 0 Å². The van der Waals surface area contributed by atoms with Gasteiger partial charge in [-0.05, 0) is 99.1 Å². The number of nitrogens with zero attached hydrogens (tertiary/aromatic N) is 2. The van der Waals surface area contributed by atoms with E-state index in [9.17, 15) is 14.9 Å². The second kappa shape index (κ2) is 10.4. The number of esters is 1. The summed E-state index contributed by atoms with van der Waals surface area (Å²) in [6.45, 7) is 2.49. The van der Waals surface area contributed by atoms with E-state index < -0.39 is 10.9 Å². The quantitative estimate of drug-likeness (QED) is 0.0941. The molecule has 10 heteroatoms. The summed E-state index contributed by atoms with van der Waals surface area (Å²) in [5, 5.41) is 11.1. The Kier molecular flexibility index (Phi) is 7.53. The molecule has 1 aliphatic rings. The van der Waals surface area contributed by atoms with Crippen molar-refractivity contribution in [3.05, 3.63) is 105 Å². The van der Waals surface area contributed by atoms with Crippen LogP contribution in [0.15, 0.2) is 65.3 Å². The Morgan fingerprint density at radius 2 is 1.85 bits per heavy atom. The van der Waals surface area contributed by atoms with Gasteiger partial charge in [-0.2, -0.15) is 0 Å². The molecule has 1 heterocycles. The van der Waals surface area contributed by atoms with Crippen LogP contribution in [0.4, 0.5) is 5.69 Å². The van der Waals surface area contributed by atoms with E-state index in [1.54, 1.807) is 6.08 Å². The van der Waals surface area contributed by atoms with Crippen LogP contribution in [0.5, 0.6) is 5.75 Å². The van der Waals surface area contributed by atoms with Gasteiger partial charge in [0.15, 0.2) is 5.70 Å². The number of ether oxygens (including phenoxy) is 2. The molecule has 0 fully saturated rings. The second-order valence-corrected chi connectivity index (χ2v) is 10.0. The van der Waals surface area contributed by atoms with Gasteiger partial charge in [-0.25, -0.2) is 9.79 Å². The van der Waals surface area contributed by atoms with Gasteiger partial charge in [0.05, 0.1) is 12.1 Å². The van der Waals surface area contributed by atoms with Gasteiger partial charge in [0.1, 0.15) is 17.4 Å². The molecule has 0 spiro atoms. The predicted molar refractivity (Wildman–Crippen MR) is 146 cm³/mol. The smallest absolute Gasteiger partial charge is 0.363 e. The summed E-state index contributed by atoms with van der Waals surface area (Å²) in [6, 6.07) is 15.9. The molecular formula is C24H15ClI2N2O5. The van der Waals surface area contributed by atoms with Crippen LogP contribution in [-0.4, -0.2) is 16.8 Å². The van der Waals surface area contributed by atoms with Gasteiger partial charge in [-0.15, -0.1) is 0 Å². The molecule has 34 heavy (non-hydrogen) atoms. The molecular weight excluding hydrogens is 686 g/mol. The lowest BCUT2D eigenvalue weighted by molar-refractivity contribution is -0.384. The molecule has 0 aromatic heterocycles. The van der Waals surface area contributed by atoms with Gasteiger partial charge in [0.2, 0.25) is 5.90 Å². The molecule has 0 saturated heterocycles. The topological polar surface area (TPSA) is 91.0 Å². The number of nitro groups is 1. The summed E-state index contributed by atoms with van der Waals surface area (Å²) < 4.78 is 13.1. The zero-order valence-corrected chi connectivity index (χ0v) is 22.6. The summed E-state index contributed by atoms with van der Waals surface area (Å²) in [4.78, 5) is 27.2. The summed E-state index contributed by atoms with van der Waals surface area (Å²) in [6.07, 6.45) is 1.61. The molecule has 3 aromatic rings. The van der Waals surface area contributed by atoms with Crippen molar-refractivity contribution in [2.24, 2.45) is 4.99 Å². The first-order valence-electron chi connectivity index (χ1n) is 9.86. The number of cyclic esters (lactones) is 1. The van der Waals surface area contributed by atoms with Crippen molar-refractivity contribution in [1.29, 1.82) is 0 Å². The molecule has 4 rings (SSSR count). The van der Waals surface area contributed by atoms with Gasteiger partial charge in [0.25, 0.3) is 5.69 Å². The van der Waals surface area contributed by atoms with Crippen LogP contribution in [0.25, 0.3) is 6.08 Å². The third-order valence-corrected chi connectivity index (χ3v) is 6.89. The summed E-state index contributed by atoms with van der Waals surface area (Å²) >= 11 is 10.2. The van der Waals surface area contributed by atoms with E-state index in [1.807, 2.05) is 43.3 Å². The molecule has 172 valence electrons. The van der Waals surface area contributed by atoms with Crippen LogP contribution in [-0.2, 0) is 16.1 Å². The number of nitro benzene ring substituents is 1. The predicted octanol–water partition coefficient (Wildman–Crippen LogP) is 6.69. The van der Waals surface area contributed by atoms with Crippen molar-refractivity contribution in [1.82, 2.24) is 0 Å². The second-order valence-electron chi connectivity index (χ2n) is 7.29. The summed E-state index contributed by atoms with van der Waals surface area (Å²) in [5.74, 6) is 0.106. The Morgan fingerprint density at radius 3 is 2.53 bits per heavy atom. The maximum Gasteiger partial charge on any atom is 0.363 e. The van der Waals surface area contributed by atoms with Crippen molar-refractivity contribution >= 4 is 80.4 Å². The van der Waals surface area contributed by atoms with Crippen LogP contribution in [0.2, 0.25) is 5.02 Å². The van der Waals surface area contributed by atoms with Gasteiger partial charge < -0.3 is 9.47 Å². The SMILES string of the molecule is Cc1ccccc1COc1c(I)cc(/C=C2\N=C(c3ccc(Cl)c([N+](=O)[O-])c3)OC2=O)cc1I. The molecule has 0 radical (unpaired) electrons. The van der Waals surface area contributed by atoms with E-state index in [0.717, 1.165) is 29.6 Å². The van der Waals surface area contributed by atoms with Crippen LogP contribution < -0.4 is 4.74 Å². The number of aliphatic imine (C=N–C) groups is 1. The summed E-state index contributed by atoms with van der Waals surface area (Å²) in [5.41, 5.74) is 3.10. The maximum atomic E-state index is 12.4. The van der Waals surface area contributed by atoms with Crippen molar-refractivity contribution in [2.75, 3.05) is 0 Å². The lowest BCUT2D eigenvalue weighted by Crippen LogP contribution is -2.06. The Hall–Kier alpha value is -2.51. The molecule has 0 aliphatic carbocycles. The Labute approximate surface area is 227 Å². The van der Waals surface area contributed by atoms with Gasteiger partial charge >= 0.3 is 5.97 Å². The molecule has 3 aromatic carbocycles. The lowest BCUT2D eigenvalue weighted by atomic mass is 10.1. The van der Waals surface area contributed by atoms with Gasteiger partial charge in [0, 0.05) is 11.6 Å². The molecule has 0 N–H and O–H groups in total. The molecule has 0 unspecified atom stereocenters. The van der Waals surface area contributed by atoms with Crippen LogP contribution in [0.1, 0.15) is 22.3 Å². The fourth-order valence-corrected chi connectivity index (χ4v) is 5.51. The highest BCUT2D eigenvalue weighted by Gasteiger charge is 2.26. The third-order valence-electron chi connectivity index (χ3n) is 4.97. The number of rotatable bonds is 6. The van der Waals surface area contributed by atoms with Gasteiger partial charge in [-0.1, -0.05) is 35.9 Å². The minimum atomic E-state index is -0.641. The highest BCUT2D eigenvalue weighted by atomic mass is 127. The first-order valence-corrected chi connectivity index (χ1v) is 12.4. The Morgan fingerprint density at radius 1 is 1.15 bits per heavy atom. The fraction of sp³-hybridized carbons (Fsp3) is 0.0833. The van der Waals surface area contributed by atoms with E-state index in [2.05, 4.69) is 50.2 Å². The average Bonchev–Trinajstić information content (AvgIpc) is 3.14. The number of aryl methyl sites for hydroxylation is 1. The largest absolute Gasteiger partial charge is 0.487 e. The van der Waals surface area contributed by atoms with Crippen LogP contribution in [0.3, 0.4) is 0 Å². The molecule has 0 atom stereocenters. The first kappa shape index (κ1) is 24.6. The highest BCUT2D eigenvalue weighted by Crippen LogP contribution is 2.32.